The first-order valence-corrected chi connectivity index (χ1v) is 5.83. The molecular formula is C11H8BrF3O3. The summed E-state index contributed by atoms with van der Waals surface area (Å²) in [6.45, 7) is 0. The molecule has 0 fully saturated rings. The summed E-state index contributed by atoms with van der Waals surface area (Å²) in [4.78, 5) is 10.9. The van der Waals surface area contributed by atoms with Crippen LogP contribution < -0.4 is 4.74 Å². The number of ether oxygens (including phenoxy) is 1. The van der Waals surface area contributed by atoms with Crippen LogP contribution in [0.25, 0.3) is 0 Å². The Hall–Kier alpha value is -1.24. The van der Waals surface area contributed by atoms with Gasteiger partial charge in [0.25, 0.3) is 0 Å². The minimum Gasteiger partial charge on any atom is -0.481 e. The first-order valence-electron chi connectivity index (χ1n) is 5.04. The largest absolute Gasteiger partial charge is 0.481 e. The summed E-state index contributed by atoms with van der Waals surface area (Å²) in [6.07, 6.45) is -7.23. The Morgan fingerprint density at radius 2 is 2.11 bits per heavy atom. The van der Waals surface area contributed by atoms with E-state index in [2.05, 4.69) is 15.9 Å². The number of halogens is 4. The zero-order chi connectivity index (χ0) is 13.5. The second kappa shape index (κ2) is 4.46. The molecular weight excluding hydrogens is 317 g/mol. The Morgan fingerprint density at radius 3 is 2.67 bits per heavy atom. The van der Waals surface area contributed by atoms with Crippen molar-refractivity contribution < 1.29 is 27.8 Å². The molecule has 0 aromatic heterocycles. The summed E-state index contributed by atoms with van der Waals surface area (Å²) >= 11 is 3.09. The van der Waals surface area contributed by atoms with Gasteiger partial charge in [-0.15, -0.1) is 0 Å². The zero-order valence-electron chi connectivity index (χ0n) is 8.87. The summed E-state index contributed by atoms with van der Waals surface area (Å²) < 4.78 is 43.6. The second-order valence-corrected chi connectivity index (χ2v) is 4.81. The smallest absolute Gasteiger partial charge is 0.426 e. The molecule has 2 rings (SSSR count). The number of aliphatic carboxylic acids is 1. The molecule has 0 aliphatic carbocycles. The number of rotatable bonds is 1. The van der Waals surface area contributed by atoms with Crippen molar-refractivity contribution in [3.63, 3.8) is 0 Å². The van der Waals surface area contributed by atoms with E-state index >= 15 is 0 Å². The molecule has 0 saturated carbocycles. The van der Waals surface area contributed by atoms with Crippen LogP contribution in [-0.2, 0) is 11.2 Å². The van der Waals surface area contributed by atoms with E-state index in [0.29, 0.717) is 10.0 Å². The van der Waals surface area contributed by atoms with Crippen LogP contribution in [0.2, 0.25) is 0 Å². The highest BCUT2D eigenvalue weighted by molar-refractivity contribution is 9.10. The fourth-order valence-corrected chi connectivity index (χ4v) is 2.41. The first-order chi connectivity index (χ1) is 8.30. The van der Waals surface area contributed by atoms with Gasteiger partial charge in [-0.3, -0.25) is 4.79 Å². The number of fused-ring (bicyclic) bond motifs is 1. The molecule has 0 bridgehead atoms. The normalized spacial score (nSPS) is 23.1. The molecule has 1 aliphatic heterocycles. The zero-order valence-corrected chi connectivity index (χ0v) is 10.5. The molecule has 0 spiro atoms. The van der Waals surface area contributed by atoms with E-state index in [1.807, 2.05) is 0 Å². The lowest BCUT2D eigenvalue weighted by Gasteiger charge is -2.32. The SMILES string of the molecule is O=C(O)[C@H]1Cc2cccc(Br)c2O[C@H]1C(F)(F)F. The van der Waals surface area contributed by atoms with Gasteiger partial charge in [0.1, 0.15) is 11.7 Å². The minimum atomic E-state index is -4.71. The van der Waals surface area contributed by atoms with Gasteiger partial charge in [0.2, 0.25) is 6.10 Å². The Kier molecular flexibility index (Phi) is 3.27. The standard InChI is InChI=1S/C11H8BrF3O3/c12-7-3-1-2-5-4-6(10(16)17)9(11(13,14)15)18-8(5)7/h1-3,6,9H,4H2,(H,16,17)/t6-,9+/m0/s1. The van der Waals surface area contributed by atoms with Crippen molar-refractivity contribution in [1.29, 1.82) is 0 Å². The molecule has 2 atom stereocenters. The monoisotopic (exact) mass is 324 g/mol. The molecule has 1 heterocycles. The van der Waals surface area contributed by atoms with Gasteiger partial charge in [0, 0.05) is 0 Å². The molecule has 98 valence electrons. The number of para-hydroxylation sites is 1. The van der Waals surface area contributed by atoms with Crippen LogP contribution in [0.4, 0.5) is 13.2 Å². The van der Waals surface area contributed by atoms with Crippen LogP contribution in [0, 0.1) is 5.92 Å². The summed E-state index contributed by atoms with van der Waals surface area (Å²) in [5, 5.41) is 8.88. The highest BCUT2D eigenvalue weighted by Crippen LogP contribution is 2.41. The van der Waals surface area contributed by atoms with Gasteiger partial charge in [-0.05, 0) is 34.0 Å². The Bertz CT molecular complexity index is 487. The van der Waals surface area contributed by atoms with Gasteiger partial charge in [0.05, 0.1) is 4.47 Å². The van der Waals surface area contributed by atoms with Crippen LogP contribution in [0.3, 0.4) is 0 Å². The highest BCUT2D eigenvalue weighted by Gasteiger charge is 2.52. The fraction of sp³-hybridized carbons (Fsp3) is 0.364. The summed E-state index contributed by atoms with van der Waals surface area (Å²) in [6, 6.07) is 4.73. The molecule has 0 saturated heterocycles. The van der Waals surface area contributed by atoms with Crippen LogP contribution in [0.1, 0.15) is 5.56 Å². The van der Waals surface area contributed by atoms with E-state index in [4.69, 9.17) is 9.84 Å². The predicted octanol–water partition coefficient (Wildman–Crippen LogP) is 3.02. The molecule has 0 amide bonds. The van der Waals surface area contributed by atoms with Crippen molar-refractivity contribution in [2.75, 3.05) is 0 Å². The molecule has 7 heteroatoms. The molecule has 1 aromatic carbocycles. The first kappa shape index (κ1) is 13.2. The third kappa shape index (κ3) is 2.31. The lowest BCUT2D eigenvalue weighted by Crippen LogP contribution is -2.47. The van der Waals surface area contributed by atoms with Gasteiger partial charge in [-0.1, -0.05) is 12.1 Å². The Morgan fingerprint density at radius 1 is 1.44 bits per heavy atom. The summed E-state index contributed by atoms with van der Waals surface area (Å²) in [7, 11) is 0. The van der Waals surface area contributed by atoms with Crippen LogP contribution in [0.5, 0.6) is 5.75 Å². The maximum atomic E-state index is 12.8. The number of carboxylic acid groups (broad SMARTS) is 1. The number of hydrogen-bond acceptors (Lipinski definition) is 2. The van der Waals surface area contributed by atoms with E-state index in [1.54, 1.807) is 18.2 Å². The third-order valence-electron chi connectivity index (χ3n) is 2.74. The van der Waals surface area contributed by atoms with E-state index in [1.165, 1.54) is 0 Å². The average Bonchev–Trinajstić information content (AvgIpc) is 2.26. The lowest BCUT2D eigenvalue weighted by atomic mass is 9.90. The van der Waals surface area contributed by atoms with Crippen molar-refractivity contribution in [1.82, 2.24) is 0 Å². The maximum Gasteiger partial charge on any atom is 0.426 e. The summed E-state index contributed by atoms with van der Waals surface area (Å²) in [5.41, 5.74) is 0.456. The van der Waals surface area contributed by atoms with Crippen molar-refractivity contribution in [2.24, 2.45) is 5.92 Å². The minimum absolute atomic E-state index is 0.0670. The van der Waals surface area contributed by atoms with E-state index < -0.39 is 24.2 Å². The van der Waals surface area contributed by atoms with Gasteiger partial charge >= 0.3 is 12.1 Å². The number of carboxylic acids is 1. The maximum absolute atomic E-state index is 12.8. The Balaban J connectivity index is 2.44. The lowest BCUT2D eigenvalue weighted by molar-refractivity contribution is -0.217. The predicted molar refractivity (Wildman–Crippen MR) is 59.4 cm³/mol. The number of hydrogen-bond donors (Lipinski definition) is 1. The molecule has 3 nitrogen and oxygen atoms in total. The molecule has 1 N–H and O–H groups in total. The van der Waals surface area contributed by atoms with Gasteiger partial charge in [0.15, 0.2) is 0 Å². The van der Waals surface area contributed by atoms with Gasteiger partial charge in [-0.2, -0.15) is 13.2 Å². The average molecular weight is 325 g/mol. The van der Waals surface area contributed by atoms with E-state index in [-0.39, 0.29) is 12.2 Å². The second-order valence-electron chi connectivity index (χ2n) is 3.96. The van der Waals surface area contributed by atoms with Gasteiger partial charge in [-0.25, -0.2) is 0 Å². The summed E-state index contributed by atoms with van der Waals surface area (Å²) in [5.74, 6) is -3.06. The van der Waals surface area contributed by atoms with Crippen molar-refractivity contribution in [2.45, 2.75) is 18.7 Å². The van der Waals surface area contributed by atoms with Crippen LogP contribution in [0.15, 0.2) is 22.7 Å². The molecule has 18 heavy (non-hydrogen) atoms. The van der Waals surface area contributed by atoms with Crippen molar-refractivity contribution >= 4 is 21.9 Å². The quantitative estimate of drug-likeness (QED) is 0.863. The Labute approximate surface area is 109 Å². The fourth-order valence-electron chi connectivity index (χ4n) is 1.91. The number of carbonyl (C=O) groups is 1. The van der Waals surface area contributed by atoms with Gasteiger partial charge < -0.3 is 9.84 Å². The topological polar surface area (TPSA) is 46.5 Å². The van der Waals surface area contributed by atoms with E-state index in [0.717, 1.165) is 0 Å². The molecule has 1 aliphatic rings. The molecule has 0 unspecified atom stereocenters. The number of benzene rings is 1. The highest BCUT2D eigenvalue weighted by atomic mass is 79.9. The van der Waals surface area contributed by atoms with Crippen LogP contribution >= 0.6 is 15.9 Å². The van der Waals surface area contributed by atoms with E-state index in [9.17, 15) is 18.0 Å². The molecule has 1 aromatic rings. The third-order valence-corrected chi connectivity index (χ3v) is 3.36. The number of alkyl halides is 3. The van der Waals surface area contributed by atoms with Crippen molar-refractivity contribution in [3.05, 3.63) is 28.2 Å². The molecule has 0 radical (unpaired) electrons. The van der Waals surface area contributed by atoms with Crippen LogP contribution in [-0.4, -0.2) is 23.4 Å². The van der Waals surface area contributed by atoms with Crippen molar-refractivity contribution in [3.8, 4) is 5.75 Å².